The van der Waals surface area contributed by atoms with Crippen molar-refractivity contribution in [2.45, 2.75) is 44.4 Å². The summed E-state index contributed by atoms with van der Waals surface area (Å²) < 4.78 is 0. The number of ketones is 1. The van der Waals surface area contributed by atoms with Crippen molar-refractivity contribution in [3.05, 3.63) is 29.6 Å². The highest BCUT2D eigenvalue weighted by Crippen LogP contribution is 2.57. The molecule has 4 rings (SSSR count). The first kappa shape index (κ1) is 10.7. The van der Waals surface area contributed by atoms with E-state index in [9.17, 15) is 4.79 Å². The van der Waals surface area contributed by atoms with Gasteiger partial charge in [0.1, 0.15) is 5.78 Å². The van der Waals surface area contributed by atoms with Crippen molar-refractivity contribution in [3.63, 3.8) is 0 Å². The fourth-order valence-corrected chi connectivity index (χ4v) is 4.34. The molecule has 1 aromatic rings. The van der Waals surface area contributed by atoms with Crippen LogP contribution in [0.4, 0.5) is 0 Å². The number of aromatic nitrogens is 1. The first-order valence-corrected chi connectivity index (χ1v) is 7.34. The second-order valence-electron chi connectivity index (χ2n) is 6.18. The number of pyridine rings is 1. The van der Waals surface area contributed by atoms with Gasteiger partial charge >= 0.3 is 0 Å². The molecule has 0 amide bonds. The van der Waals surface area contributed by atoms with Gasteiger partial charge in [0, 0.05) is 12.1 Å². The Hall–Kier alpha value is -1.18. The molecule has 0 aliphatic heterocycles. The molecule has 0 radical (unpaired) electrons. The summed E-state index contributed by atoms with van der Waals surface area (Å²) in [5.41, 5.74) is 2.39. The molecule has 2 fully saturated rings. The number of carbonyl (C=O) groups excluding carboxylic acids is 1. The van der Waals surface area contributed by atoms with E-state index in [2.05, 4.69) is 11.1 Å². The predicted molar refractivity (Wildman–Crippen MR) is 69.2 cm³/mol. The SMILES string of the molecule is O=C(C1CCc2cccnc21)C1C2CCCCC21. The molecular weight excluding hydrogens is 222 g/mol. The second-order valence-corrected chi connectivity index (χ2v) is 6.18. The average molecular weight is 241 g/mol. The van der Waals surface area contributed by atoms with Gasteiger partial charge in [-0.3, -0.25) is 9.78 Å². The molecule has 2 saturated carbocycles. The Morgan fingerprint density at radius 3 is 2.72 bits per heavy atom. The topological polar surface area (TPSA) is 30.0 Å². The Morgan fingerprint density at radius 2 is 1.94 bits per heavy atom. The van der Waals surface area contributed by atoms with Gasteiger partial charge < -0.3 is 0 Å². The molecule has 0 spiro atoms. The Morgan fingerprint density at radius 1 is 1.17 bits per heavy atom. The summed E-state index contributed by atoms with van der Waals surface area (Å²) in [5.74, 6) is 2.50. The maximum atomic E-state index is 12.7. The third-order valence-corrected chi connectivity index (χ3v) is 5.29. The van der Waals surface area contributed by atoms with Crippen molar-refractivity contribution in [2.75, 3.05) is 0 Å². The van der Waals surface area contributed by atoms with E-state index in [-0.39, 0.29) is 5.92 Å². The quantitative estimate of drug-likeness (QED) is 0.796. The van der Waals surface area contributed by atoms with Crippen LogP contribution in [0, 0.1) is 17.8 Å². The number of nitrogens with zero attached hydrogens (tertiary/aromatic N) is 1. The van der Waals surface area contributed by atoms with Crippen LogP contribution in [-0.4, -0.2) is 10.8 Å². The minimum atomic E-state index is 0.122. The van der Waals surface area contributed by atoms with Crippen LogP contribution in [0.2, 0.25) is 0 Å². The molecule has 3 aliphatic carbocycles. The second kappa shape index (κ2) is 3.91. The Balaban J connectivity index is 1.57. The highest BCUT2D eigenvalue weighted by Gasteiger charge is 2.56. The summed E-state index contributed by atoms with van der Waals surface area (Å²) in [6, 6.07) is 4.12. The Bertz CT molecular complexity index is 484. The molecule has 2 heteroatoms. The van der Waals surface area contributed by atoms with Crippen molar-refractivity contribution in [3.8, 4) is 0 Å². The Kier molecular flexibility index (Phi) is 2.33. The molecule has 0 bridgehead atoms. The molecular formula is C16H19NO. The summed E-state index contributed by atoms with van der Waals surface area (Å²) in [7, 11) is 0. The number of aryl methyl sites for hydroxylation is 1. The molecule has 3 atom stereocenters. The van der Waals surface area contributed by atoms with Gasteiger partial charge in [0.15, 0.2) is 0 Å². The highest BCUT2D eigenvalue weighted by molar-refractivity contribution is 5.91. The van der Waals surface area contributed by atoms with Gasteiger partial charge in [0.05, 0.1) is 11.6 Å². The molecule has 0 N–H and O–H groups in total. The lowest BCUT2D eigenvalue weighted by Crippen LogP contribution is -2.14. The number of fused-ring (bicyclic) bond motifs is 2. The van der Waals surface area contributed by atoms with Gasteiger partial charge in [-0.15, -0.1) is 0 Å². The van der Waals surface area contributed by atoms with Crippen molar-refractivity contribution in [1.29, 1.82) is 0 Å². The van der Waals surface area contributed by atoms with E-state index in [4.69, 9.17) is 0 Å². The van der Waals surface area contributed by atoms with Crippen LogP contribution >= 0.6 is 0 Å². The molecule has 1 heterocycles. The average Bonchev–Trinajstić information content (AvgIpc) is 2.99. The third kappa shape index (κ3) is 1.47. The molecule has 2 nitrogen and oxygen atoms in total. The molecule has 1 aromatic heterocycles. The smallest absolute Gasteiger partial charge is 0.145 e. The number of hydrogen-bond acceptors (Lipinski definition) is 2. The molecule has 18 heavy (non-hydrogen) atoms. The molecule has 3 aliphatic rings. The van der Waals surface area contributed by atoms with Crippen LogP contribution in [-0.2, 0) is 11.2 Å². The van der Waals surface area contributed by atoms with Gasteiger partial charge in [-0.05, 0) is 49.1 Å². The van der Waals surface area contributed by atoms with Gasteiger partial charge in [-0.2, -0.15) is 0 Å². The maximum absolute atomic E-state index is 12.7. The number of hydrogen-bond donors (Lipinski definition) is 0. The van der Waals surface area contributed by atoms with Crippen molar-refractivity contribution in [2.24, 2.45) is 17.8 Å². The summed E-state index contributed by atoms with van der Waals surface area (Å²) in [6.45, 7) is 0. The largest absolute Gasteiger partial charge is 0.299 e. The van der Waals surface area contributed by atoms with E-state index in [0.717, 1.165) is 30.4 Å². The van der Waals surface area contributed by atoms with E-state index in [0.29, 0.717) is 11.7 Å². The van der Waals surface area contributed by atoms with Crippen LogP contribution < -0.4 is 0 Å². The fraction of sp³-hybridized carbons (Fsp3) is 0.625. The molecule has 3 unspecified atom stereocenters. The highest BCUT2D eigenvalue weighted by atomic mass is 16.1. The van der Waals surface area contributed by atoms with Crippen molar-refractivity contribution in [1.82, 2.24) is 4.98 Å². The standard InChI is InChI=1S/C16H19NO/c18-16(14-11-5-1-2-6-12(11)14)13-8-7-10-4-3-9-17-15(10)13/h3-4,9,11-14H,1-2,5-8H2. The van der Waals surface area contributed by atoms with Crippen molar-refractivity contribution >= 4 is 5.78 Å². The molecule has 0 aromatic carbocycles. The van der Waals surface area contributed by atoms with Crippen LogP contribution in [0.5, 0.6) is 0 Å². The van der Waals surface area contributed by atoms with Crippen LogP contribution in [0.15, 0.2) is 18.3 Å². The fourth-order valence-electron chi connectivity index (χ4n) is 4.34. The predicted octanol–water partition coefficient (Wildman–Crippen LogP) is 3.12. The monoisotopic (exact) mass is 241 g/mol. The van der Waals surface area contributed by atoms with Crippen LogP contribution in [0.25, 0.3) is 0 Å². The van der Waals surface area contributed by atoms with Gasteiger partial charge in [0.25, 0.3) is 0 Å². The van der Waals surface area contributed by atoms with E-state index < -0.39 is 0 Å². The zero-order chi connectivity index (χ0) is 12.1. The minimum absolute atomic E-state index is 0.122. The lowest BCUT2D eigenvalue weighted by Gasteiger charge is -2.09. The summed E-state index contributed by atoms with van der Waals surface area (Å²) in [5, 5.41) is 0. The van der Waals surface area contributed by atoms with E-state index in [1.165, 1.54) is 31.2 Å². The molecule has 0 saturated heterocycles. The van der Waals surface area contributed by atoms with E-state index in [1.54, 1.807) is 0 Å². The minimum Gasteiger partial charge on any atom is -0.299 e. The summed E-state index contributed by atoms with van der Waals surface area (Å²) >= 11 is 0. The van der Waals surface area contributed by atoms with E-state index in [1.807, 2.05) is 12.3 Å². The van der Waals surface area contributed by atoms with Crippen LogP contribution in [0.3, 0.4) is 0 Å². The number of carbonyl (C=O) groups is 1. The first-order chi connectivity index (χ1) is 8.86. The third-order valence-electron chi connectivity index (χ3n) is 5.29. The van der Waals surface area contributed by atoms with Gasteiger partial charge in [-0.1, -0.05) is 18.9 Å². The summed E-state index contributed by atoms with van der Waals surface area (Å²) in [6.07, 6.45) is 9.15. The van der Waals surface area contributed by atoms with E-state index >= 15 is 0 Å². The van der Waals surface area contributed by atoms with Gasteiger partial charge in [0.2, 0.25) is 0 Å². The zero-order valence-electron chi connectivity index (χ0n) is 10.6. The normalized spacial score (nSPS) is 36.9. The first-order valence-electron chi connectivity index (χ1n) is 7.34. The van der Waals surface area contributed by atoms with Gasteiger partial charge in [-0.25, -0.2) is 0 Å². The zero-order valence-corrected chi connectivity index (χ0v) is 10.6. The molecule has 94 valence electrons. The number of rotatable bonds is 2. The Labute approximate surface area is 108 Å². The van der Waals surface area contributed by atoms with Crippen molar-refractivity contribution < 1.29 is 4.79 Å². The lowest BCUT2D eigenvalue weighted by molar-refractivity contribution is -0.122. The summed E-state index contributed by atoms with van der Waals surface area (Å²) in [4.78, 5) is 17.2. The lowest BCUT2D eigenvalue weighted by atomic mass is 9.96. The number of Topliss-reactive ketones (excluding diaryl/α,β-unsaturated/α-hetero) is 1. The van der Waals surface area contributed by atoms with Crippen LogP contribution in [0.1, 0.15) is 49.3 Å². The maximum Gasteiger partial charge on any atom is 0.145 e.